The second-order valence-electron chi connectivity index (χ2n) is 4.62. The lowest BCUT2D eigenvalue weighted by Gasteiger charge is -2.39. The second-order valence-corrected chi connectivity index (χ2v) is 4.62. The lowest BCUT2D eigenvalue weighted by Crippen LogP contribution is -2.63. The first-order valence-electron chi connectivity index (χ1n) is 5.87. The van der Waals surface area contributed by atoms with Gasteiger partial charge in [-0.2, -0.15) is 0 Å². The van der Waals surface area contributed by atoms with Crippen molar-refractivity contribution < 1.29 is 18.4 Å². The number of rotatable bonds is 3. The highest BCUT2D eigenvalue weighted by Gasteiger charge is 2.44. The molecule has 19 heavy (non-hydrogen) atoms. The van der Waals surface area contributed by atoms with Crippen molar-refractivity contribution in [2.24, 2.45) is 0 Å². The van der Waals surface area contributed by atoms with Crippen LogP contribution in [0, 0.1) is 0 Å². The Hall–Kier alpha value is -1.98. The molecular formula is C13H14F2N2O2. The third kappa shape index (κ3) is 2.57. The first-order chi connectivity index (χ1) is 8.93. The number of piperazine rings is 1. The first-order valence-corrected chi connectivity index (χ1v) is 5.87. The van der Waals surface area contributed by atoms with Gasteiger partial charge in [0.05, 0.1) is 13.1 Å². The van der Waals surface area contributed by atoms with Gasteiger partial charge >= 0.3 is 0 Å². The molecule has 1 heterocycles. The molecule has 1 N–H and O–H groups in total. The van der Waals surface area contributed by atoms with Gasteiger partial charge in [0, 0.05) is 0 Å². The Kier molecular flexibility index (Phi) is 3.50. The van der Waals surface area contributed by atoms with Gasteiger partial charge in [-0.3, -0.25) is 9.59 Å². The molecule has 1 atom stereocenters. The van der Waals surface area contributed by atoms with Crippen molar-refractivity contribution in [1.29, 1.82) is 0 Å². The highest BCUT2D eigenvalue weighted by Crippen LogP contribution is 2.26. The molecular weight excluding hydrogens is 254 g/mol. The Balaban J connectivity index is 2.34. The number of benzene rings is 1. The van der Waals surface area contributed by atoms with Crippen molar-refractivity contribution in [3.8, 4) is 0 Å². The van der Waals surface area contributed by atoms with Gasteiger partial charge in [-0.25, -0.2) is 8.78 Å². The molecule has 102 valence electrons. The van der Waals surface area contributed by atoms with Crippen LogP contribution in [0.2, 0.25) is 0 Å². The summed E-state index contributed by atoms with van der Waals surface area (Å²) in [5, 5.41) is 2.59. The normalized spacial score (nSPS) is 23.7. The zero-order chi connectivity index (χ0) is 14.0. The van der Waals surface area contributed by atoms with E-state index in [1.165, 1.54) is 6.92 Å². The van der Waals surface area contributed by atoms with Gasteiger partial charge in [0.25, 0.3) is 12.3 Å². The average Bonchev–Trinajstić information content (AvgIpc) is 2.36. The van der Waals surface area contributed by atoms with Gasteiger partial charge in [0.1, 0.15) is 5.54 Å². The molecule has 6 heteroatoms. The summed E-state index contributed by atoms with van der Waals surface area (Å²) in [6.07, 6.45) is -2.66. The molecule has 1 aromatic carbocycles. The van der Waals surface area contributed by atoms with Gasteiger partial charge in [-0.15, -0.1) is 0 Å². The molecule has 1 fully saturated rings. The van der Waals surface area contributed by atoms with Crippen LogP contribution < -0.4 is 5.32 Å². The molecule has 0 aromatic heterocycles. The maximum atomic E-state index is 12.4. The third-order valence-electron chi connectivity index (χ3n) is 3.15. The first kappa shape index (κ1) is 13.5. The molecule has 1 unspecified atom stereocenters. The summed E-state index contributed by atoms with van der Waals surface area (Å²) >= 11 is 0. The Bertz CT molecular complexity index is 493. The Morgan fingerprint density at radius 1 is 1.32 bits per heavy atom. The molecule has 0 spiro atoms. The van der Waals surface area contributed by atoms with E-state index in [0.29, 0.717) is 5.56 Å². The molecule has 1 aliphatic heterocycles. The van der Waals surface area contributed by atoms with E-state index in [4.69, 9.17) is 0 Å². The average molecular weight is 268 g/mol. The smallest absolute Gasteiger partial charge is 0.255 e. The van der Waals surface area contributed by atoms with Crippen LogP contribution in [0.1, 0.15) is 12.5 Å². The fourth-order valence-electron chi connectivity index (χ4n) is 2.21. The van der Waals surface area contributed by atoms with Gasteiger partial charge < -0.3 is 10.2 Å². The number of amides is 2. The van der Waals surface area contributed by atoms with Gasteiger partial charge in [-0.1, -0.05) is 30.3 Å². The van der Waals surface area contributed by atoms with Crippen LogP contribution in [0.25, 0.3) is 0 Å². The minimum atomic E-state index is -2.66. The highest BCUT2D eigenvalue weighted by atomic mass is 19.3. The molecule has 0 radical (unpaired) electrons. The summed E-state index contributed by atoms with van der Waals surface area (Å²) in [6, 6.07) is 8.60. The number of carbonyl (C=O) groups excluding carboxylic acids is 2. The monoisotopic (exact) mass is 268 g/mol. The number of nitrogens with zero attached hydrogens (tertiary/aromatic N) is 1. The predicted octanol–water partition coefficient (Wildman–Crippen LogP) is 1.13. The van der Waals surface area contributed by atoms with E-state index < -0.39 is 30.3 Å². The molecule has 2 amide bonds. The van der Waals surface area contributed by atoms with Crippen LogP contribution in [-0.4, -0.2) is 36.2 Å². The minimum Gasteiger partial charge on any atom is -0.337 e. The molecule has 1 saturated heterocycles. The zero-order valence-electron chi connectivity index (χ0n) is 10.4. The molecule has 1 aliphatic rings. The Morgan fingerprint density at radius 3 is 2.53 bits per heavy atom. The van der Waals surface area contributed by atoms with Gasteiger partial charge in [0.15, 0.2) is 0 Å². The SMILES string of the molecule is CC1(c2ccccc2)NC(=O)CN(CC(F)F)C1=O. The Labute approximate surface area is 109 Å². The van der Waals surface area contributed by atoms with Crippen LogP contribution >= 0.6 is 0 Å². The Morgan fingerprint density at radius 2 is 1.95 bits per heavy atom. The number of hydrogen-bond acceptors (Lipinski definition) is 2. The van der Waals surface area contributed by atoms with Crippen LogP contribution in [0.5, 0.6) is 0 Å². The van der Waals surface area contributed by atoms with Crippen LogP contribution in [0.15, 0.2) is 30.3 Å². The van der Waals surface area contributed by atoms with Crippen molar-refractivity contribution in [3.05, 3.63) is 35.9 Å². The summed E-state index contributed by atoms with van der Waals surface area (Å²) in [7, 11) is 0. The molecule has 4 nitrogen and oxygen atoms in total. The van der Waals surface area contributed by atoms with Gasteiger partial charge in [0.2, 0.25) is 5.91 Å². The van der Waals surface area contributed by atoms with E-state index in [9.17, 15) is 18.4 Å². The standard InChI is InChI=1S/C13H14F2N2O2/c1-13(9-5-3-2-4-6-9)12(19)17(7-10(14)15)8-11(18)16-13/h2-6,10H,7-8H2,1H3,(H,16,18). The summed E-state index contributed by atoms with van der Waals surface area (Å²) < 4.78 is 24.9. The summed E-state index contributed by atoms with van der Waals surface area (Å²) in [6.45, 7) is 0.473. The van der Waals surface area contributed by atoms with E-state index in [1.807, 2.05) is 0 Å². The number of alkyl halides is 2. The number of nitrogens with one attached hydrogen (secondary N) is 1. The van der Waals surface area contributed by atoms with E-state index in [2.05, 4.69) is 5.32 Å². The van der Waals surface area contributed by atoms with Gasteiger partial charge in [-0.05, 0) is 12.5 Å². The molecule has 0 aliphatic carbocycles. The lowest BCUT2D eigenvalue weighted by atomic mass is 9.88. The molecule has 2 rings (SSSR count). The predicted molar refractivity (Wildman–Crippen MR) is 64.5 cm³/mol. The topological polar surface area (TPSA) is 49.4 Å². The van der Waals surface area contributed by atoms with Crippen molar-refractivity contribution in [2.75, 3.05) is 13.1 Å². The van der Waals surface area contributed by atoms with Crippen molar-refractivity contribution in [2.45, 2.75) is 18.9 Å². The van der Waals surface area contributed by atoms with E-state index in [-0.39, 0.29) is 6.54 Å². The van der Waals surface area contributed by atoms with Crippen LogP contribution in [0.4, 0.5) is 8.78 Å². The fraction of sp³-hybridized carbons (Fsp3) is 0.385. The summed E-state index contributed by atoms with van der Waals surface area (Å²) in [5.74, 6) is -0.954. The number of hydrogen-bond donors (Lipinski definition) is 1. The summed E-state index contributed by atoms with van der Waals surface area (Å²) in [5.41, 5.74) is -0.710. The van der Waals surface area contributed by atoms with E-state index >= 15 is 0 Å². The van der Waals surface area contributed by atoms with Crippen molar-refractivity contribution in [3.63, 3.8) is 0 Å². The highest BCUT2D eigenvalue weighted by molar-refractivity contribution is 5.98. The van der Waals surface area contributed by atoms with Crippen LogP contribution in [0.3, 0.4) is 0 Å². The van der Waals surface area contributed by atoms with E-state index in [1.54, 1.807) is 30.3 Å². The third-order valence-corrected chi connectivity index (χ3v) is 3.15. The summed E-state index contributed by atoms with van der Waals surface area (Å²) in [4.78, 5) is 24.8. The number of carbonyl (C=O) groups is 2. The molecule has 0 saturated carbocycles. The van der Waals surface area contributed by atoms with Crippen molar-refractivity contribution in [1.82, 2.24) is 10.2 Å². The number of halogens is 2. The quantitative estimate of drug-likeness (QED) is 0.893. The molecule has 0 bridgehead atoms. The molecule has 1 aromatic rings. The van der Waals surface area contributed by atoms with E-state index in [0.717, 1.165) is 4.90 Å². The van der Waals surface area contributed by atoms with Crippen molar-refractivity contribution >= 4 is 11.8 Å². The second kappa shape index (κ2) is 4.95. The maximum absolute atomic E-state index is 12.4. The lowest BCUT2D eigenvalue weighted by molar-refractivity contribution is -0.151. The largest absolute Gasteiger partial charge is 0.337 e. The minimum absolute atomic E-state index is 0.328. The van der Waals surface area contributed by atoms with Crippen LogP contribution in [-0.2, 0) is 15.1 Å². The maximum Gasteiger partial charge on any atom is 0.255 e. The fourth-order valence-corrected chi connectivity index (χ4v) is 2.21. The zero-order valence-corrected chi connectivity index (χ0v) is 10.4.